The van der Waals surface area contributed by atoms with Crippen LogP contribution in [0.25, 0.3) is 0 Å². The number of hydrogen-bond acceptors (Lipinski definition) is 4. The third kappa shape index (κ3) is 8.55. The van der Waals surface area contributed by atoms with Crippen molar-refractivity contribution in [3.63, 3.8) is 0 Å². The third-order valence-corrected chi connectivity index (χ3v) is 3.08. The minimum absolute atomic E-state index is 0.130. The van der Waals surface area contributed by atoms with Crippen LogP contribution in [0.3, 0.4) is 0 Å². The van der Waals surface area contributed by atoms with Gasteiger partial charge in [-0.2, -0.15) is 5.10 Å². The van der Waals surface area contributed by atoms with Gasteiger partial charge in [-0.05, 0) is 45.6 Å². The van der Waals surface area contributed by atoms with Crippen LogP contribution in [-0.4, -0.2) is 40.0 Å². The Labute approximate surface area is 144 Å². The Morgan fingerprint density at radius 3 is 2.50 bits per heavy atom. The molecule has 136 valence electrons. The van der Waals surface area contributed by atoms with Gasteiger partial charge < -0.3 is 15.4 Å². The molecule has 2 N–H and O–H groups in total. The van der Waals surface area contributed by atoms with Crippen molar-refractivity contribution >= 4 is 12.0 Å². The Morgan fingerprint density at radius 1 is 1.33 bits per heavy atom. The fraction of sp³-hybridized carbons (Fsp3) is 0.706. The zero-order chi connectivity index (χ0) is 18.3. The molecule has 0 bridgehead atoms. The Bertz CT molecular complexity index is 546. The Balaban J connectivity index is 2.52. The summed E-state index contributed by atoms with van der Waals surface area (Å²) in [7, 11) is 0. The van der Waals surface area contributed by atoms with E-state index in [0.29, 0.717) is 12.5 Å². The van der Waals surface area contributed by atoms with Crippen molar-refractivity contribution in [1.29, 1.82) is 0 Å². The summed E-state index contributed by atoms with van der Waals surface area (Å²) >= 11 is 0. The summed E-state index contributed by atoms with van der Waals surface area (Å²) in [6.07, 6.45) is 3.81. The maximum Gasteiger partial charge on any atom is 0.407 e. The molecule has 1 aromatic heterocycles. The predicted octanol–water partition coefficient (Wildman–Crippen LogP) is 2.25. The predicted molar refractivity (Wildman–Crippen MR) is 92.6 cm³/mol. The van der Waals surface area contributed by atoms with Crippen LogP contribution in [0.4, 0.5) is 4.79 Å². The van der Waals surface area contributed by atoms with E-state index in [1.807, 2.05) is 33.9 Å². The van der Waals surface area contributed by atoms with Crippen molar-refractivity contribution in [1.82, 2.24) is 20.4 Å². The minimum atomic E-state index is -0.543. The first-order valence-corrected chi connectivity index (χ1v) is 8.30. The third-order valence-electron chi connectivity index (χ3n) is 3.08. The number of ether oxygens (including phenoxy) is 1. The average Bonchev–Trinajstić information content (AvgIpc) is 2.78. The van der Waals surface area contributed by atoms with Gasteiger partial charge in [0.15, 0.2) is 0 Å². The highest BCUT2D eigenvalue weighted by atomic mass is 16.6. The lowest BCUT2D eigenvalue weighted by Gasteiger charge is -2.23. The van der Waals surface area contributed by atoms with Crippen LogP contribution in [-0.2, 0) is 16.1 Å². The summed E-state index contributed by atoms with van der Waals surface area (Å²) in [6.45, 7) is 12.0. The van der Waals surface area contributed by atoms with Gasteiger partial charge in [-0.25, -0.2) is 4.79 Å². The Hall–Kier alpha value is -2.05. The molecule has 1 heterocycles. The Kier molecular flexibility index (Phi) is 7.25. The highest BCUT2D eigenvalue weighted by Crippen LogP contribution is 2.08. The molecule has 7 heteroatoms. The van der Waals surface area contributed by atoms with E-state index in [1.54, 1.807) is 10.9 Å². The molecular formula is C17H30N4O3. The first kappa shape index (κ1) is 20.0. The summed E-state index contributed by atoms with van der Waals surface area (Å²) < 4.78 is 6.82. The Morgan fingerprint density at radius 2 is 2.00 bits per heavy atom. The van der Waals surface area contributed by atoms with E-state index in [2.05, 4.69) is 29.6 Å². The lowest BCUT2D eigenvalue weighted by atomic mass is 10.0. The van der Waals surface area contributed by atoms with Gasteiger partial charge in [0.05, 0.1) is 6.20 Å². The molecular weight excluding hydrogens is 308 g/mol. The van der Waals surface area contributed by atoms with Crippen LogP contribution < -0.4 is 10.6 Å². The standard InChI is InChI=1S/C17H30N4O3/c1-12(2)7-14(9-18-16(23)24-17(4,5)6)20-15(22)11-21-10-13(3)8-19-21/h8,10,12,14H,7,9,11H2,1-6H3,(H,18,23)(H,20,22). The highest BCUT2D eigenvalue weighted by molar-refractivity contribution is 5.76. The van der Waals surface area contributed by atoms with Crippen molar-refractivity contribution in [2.45, 2.75) is 66.2 Å². The lowest BCUT2D eigenvalue weighted by Crippen LogP contribution is -2.46. The van der Waals surface area contributed by atoms with Crippen molar-refractivity contribution in [3.8, 4) is 0 Å². The molecule has 0 saturated heterocycles. The molecule has 1 rings (SSSR count). The van der Waals surface area contributed by atoms with Crippen molar-refractivity contribution < 1.29 is 14.3 Å². The maximum absolute atomic E-state index is 12.2. The molecule has 1 aromatic rings. The maximum atomic E-state index is 12.2. The normalized spacial score (nSPS) is 12.8. The van der Waals surface area contributed by atoms with Gasteiger partial charge in [0.2, 0.25) is 5.91 Å². The number of nitrogens with zero attached hydrogens (tertiary/aromatic N) is 2. The van der Waals surface area contributed by atoms with E-state index in [1.165, 1.54) is 0 Å². The largest absolute Gasteiger partial charge is 0.444 e. The SMILES string of the molecule is Cc1cnn(CC(=O)NC(CNC(=O)OC(C)(C)C)CC(C)C)c1. The van der Waals surface area contributed by atoms with Crippen molar-refractivity contribution in [3.05, 3.63) is 18.0 Å². The van der Waals surface area contributed by atoms with Crippen LogP contribution in [0.5, 0.6) is 0 Å². The summed E-state index contributed by atoms with van der Waals surface area (Å²) in [5, 5.41) is 9.78. The molecule has 0 aromatic carbocycles. The molecule has 7 nitrogen and oxygen atoms in total. The van der Waals surface area contributed by atoms with Crippen LogP contribution in [0.2, 0.25) is 0 Å². The minimum Gasteiger partial charge on any atom is -0.444 e. The first-order valence-electron chi connectivity index (χ1n) is 8.30. The van der Waals surface area contributed by atoms with E-state index in [0.717, 1.165) is 12.0 Å². The fourth-order valence-electron chi connectivity index (χ4n) is 2.26. The highest BCUT2D eigenvalue weighted by Gasteiger charge is 2.19. The molecule has 0 spiro atoms. The van der Waals surface area contributed by atoms with Gasteiger partial charge in [0, 0.05) is 18.8 Å². The molecule has 2 amide bonds. The molecule has 24 heavy (non-hydrogen) atoms. The zero-order valence-electron chi connectivity index (χ0n) is 15.5. The van der Waals surface area contributed by atoms with Gasteiger partial charge >= 0.3 is 6.09 Å². The van der Waals surface area contributed by atoms with Crippen LogP contribution in [0.15, 0.2) is 12.4 Å². The van der Waals surface area contributed by atoms with Gasteiger partial charge in [0.25, 0.3) is 0 Å². The van der Waals surface area contributed by atoms with Crippen LogP contribution in [0.1, 0.15) is 46.6 Å². The number of hydrogen-bond donors (Lipinski definition) is 2. The van der Waals surface area contributed by atoms with Gasteiger partial charge in [-0.1, -0.05) is 13.8 Å². The fourth-order valence-corrected chi connectivity index (χ4v) is 2.26. The summed E-state index contributed by atoms with van der Waals surface area (Å²) in [5.74, 6) is 0.262. The molecule has 1 unspecified atom stereocenters. The van der Waals surface area contributed by atoms with Crippen LogP contribution in [0, 0.1) is 12.8 Å². The molecule has 0 aliphatic carbocycles. The summed E-state index contributed by atoms with van der Waals surface area (Å²) in [6, 6.07) is -0.151. The molecule has 0 aliphatic rings. The average molecular weight is 338 g/mol. The van der Waals surface area contributed by atoms with E-state index in [-0.39, 0.29) is 18.5 Å². The van der Waals surface area contributed by atoms with Gasteiger partial charge in [0.1, 0.15) is 12.1 Å². The number of aromatic nitrogens is 2. The number of nitrogens with one attached hydrogen (secondary N) is 2. The number of alkyl carbamates (subject to hydrolysis) is 1. The van der Waals surface area contributed by atoms with Gasteiger partial charge in [-0.3, -0.25) is 9.48 Å². The number of aryl methyl sites for hydroxylation is 1. The number of rotatable bonds is 7. The number of carbonyl (C=O) groups excluding carboxylic acids is 2. The first-order chi connectivity index (χ1) is 11.0. The molecule has 1 atom stereocenters. The summed E-state index contributed by atoms with van der Waals surface area (Å²) in [4.78, 5) is 23.9. The zero-order valence-corrected chi connectivity index (χ0v) is 15.5. The number of amides is 2. The smallest absolute Gasteiger partial charge is 0.407 e. The second-order valence-electron chi connectivity index (χ2n) is 7.49. The second-order valence-corrected chi connectivity index (χ2v) is 7.49. The monoisotopic (exact) mass is 338 g/mol. The van der Waals surface area contributed by atoms with Crippen molar-refractivity contribution in [2.24, 2.45) is 5.92 Å². The van der Waals surface area contributed by atoms with Crippen LogP contribution >= 0.6 is 0 Å². The summed E-state index contributed by atoms with van der Waals surface area (Å²) in [5.41, 5.74) is 0.465. The molecule has 0 saturated carbocycles. The van der Waals surface area contributed by atoms with E-state index in [9.17, 15) is 9.59 Å². The van der Waals surface area contributed by atoms with Crippen molar-refractivity contribution in [2.75, 3.05) is 6.54 Å². The molecule has 0 radical (unpaired) electrons. The topological polar surface area (TPSA) is 85.3 Å². The number of carbonyl (C=O) groups is 2. The molecule has 0 fully saturated rings. The lowest BCUT2D eigenvalue weighted by molar-refractivity contribution is -0.122. The van der Waals surface area contributed by atoms with E-state index in [4.69, 9.17) is 4.74 Å². The van der Waals surface area contributed by atoms with E-state index >= 15 is 0 Å². The quantitative estimate of drug-likeness (QED) is 0.798. The van der Waals surface area contributed by atoms with Gasteiger partial charge in [-0.15, -0.1) is 0 Å². The molecule has 0 aliphatic heterocycles. The van der Waals surface area contributed by atoms with E-state index < -0.39 is 11.7 Å². The second kappa shape index (κ2) is 8.70.